The number of aromatic nitrogens is 2. The summed E-state index contributed by atoms with van der Waals surface area (Å²) >= 11 is 0. The average Bonchev–Trinajstić information content (AvgIpc) is 2.80. The fourth-order valence-corrected chi connectivity index (χ4v) is 4.41. The molecule has 0 amide bonds. The molecule has 2 heterocycles. The van der Waals surface area contributed by atoms with E-state index in [4.69, 9.17) is 15.2 Å². The summed E-state index contributed by atoms with van der Waals surface area (Å²) in [7, 11) is -3.48. The SMILES string of the molecule is CCOC(=O)C1CCN(c2ncnc(Oc3ccc(S(=O)(=O)CC)cc3N)c2[N+](=O)[O-])CC1. The van der Waals surface area contributed by atoms with Crippen LogP contribution in [-0.4, -0.2) is 54.7 Å². The van der Waals surface area contributed by atoms with Gasteiger partial charge in [0.1, 0.15) is 6.33 Å². The molecule has 178 valence electrons. The molecule has 0 radical (unpaired) electrons. The average molecular weight is 480 g/mol. The molecular formula is C20H25N5O7S. The largest absolute Gasteiger partial charge is 0.466 e. The number of ether oxygens (including phenoxy) is 2. The van der Waals surface area contributed by atoms with Gasteiger partial charge in [0.15, 0.2) is 15.6 Å². The minimum Gasteiger partial charge on any atom is -0.466 e. The van der Waals surface area contributed by atoms with Gasteiger partial charge in [-0.1, -0.05) is 6.92 Å². The van der Waals surface area contributed by atoms with E-state index in [1.165, 1.54) is 25.1 Å². The molecule has 2 N–H and O–H groups in total. The van der Waals surface area contributed by atoms with Crippen molar-refractivity contribution in [3.63, 3.8) is 0 Å². The molecule has 3 rings (SSSR count). The number of nitrogens with zero attached hydrogens (tertiary/aromatic N) is 4. The second-order valence-corrected chi connectivity index (χ2v) is 9.60. The number of benzene rings is 1. The molecule has 1 aromatic carbocycles. The van der Waals surface area contributed by atoms with Gasteiger partial charge in [-0.05, 0) is 38.0 Å². The van der Waals surface area contributed by atoms with Gasteiger partial charge in [0.05, 0.1) is 33.8 Å². The number of esters is 1. The van der Waals surface area contributed by atoms with Crippen LogP contribution in [0.3, 0.4) is 0 Å². The zero-order chi connectivity index (χ0) is 24.2. The van der Waals surface area contributed by atoms with E-state index in [1.54, 1.807) is 11.8 Å². The topological polar surface area (TPSA) is 168 Å². The fourth-order valence-electron chi connectivity index (χ4n) is 3.49. The Kier molecular flexibility index (Phi) is 7.31. The summed E-state index contributed by atoms with van der Waals surface area (Å²) < 4.78 is 34.8. The van der Waals surface area contributed by atoms with Crippen molar-refractivity contribution < 1.29 is 27.6 Å². The van der Waals surface area contributed by atoms with E-state index in [0.29, 0.717) is 32.5 Å². The number of nitro groups is 1. The lowest BCUT2D eigenvalue weighted by atomic mass is 9.97. The number of piperidine rings is 1. The summed E-state index contributed by atoms with van der Waals surface area (Å²) in [4.78, 5) is 32.9. The van der Waals surface area contributed by atoms with E-state index < -0.39 is 20.4 Å². The first-order valence-corrected chi connectivity index (χ1v) is 12.0. The normalized spacial score (nSPS) is 14.7. The first kappa shape index (κ1) is 24.2. The first-order valence-electron chi connectivity index (χ1n) is 10.4. The molecule has 0 bridgehead atoms. The summed E-state index contributed by atoms with van der Waals surface area (Å²) in [5.74, 6) is -0.872. The third-order valence-corrected chi connectivity index (χ3v) is 7.03. The van der Waals surface area contributed by atoms with Gasteiger partial charge in [-0.2, -0.15) is 4.98 Å². The van der Waals surface area contributed by atoms with Crippen molar-refractivity contribution in [1.82, 2.24) is 9.97 Å². The molecular weight excluding hydrogens is 454 g/mol. The van der Waals surface area contributed by atoms with Crippen molar-refractivity contribution in [1.29, 1.82) is 0 Å². The third-order valence-electron chi connectivity index (χ3n) is 5.29. The number of hydrogen-bond donors (Lipinski definition) is 1. The molecule has 13 heteroatoms. The van der Waals surface area contributed by atoms with Crippen LogP contribution >= 0.6 is 0 Å². The molecule has 12 nitrogen and oxygen atoms in total. The third kappa shape index (κ3) is 5.30. The molecule has 0 atom stereocenters. The fraction of sp³-hybridized carbons (Fsp3) is 0.450. The highest BCUT2D eigenvalue weighted by Gasteiger charge is 2.33. The first-order chi connectivity index (χ1) is 15.7. The zero-order valence-corrected chi connectivity index (χ0v) is 19.1. The summed E-state index contributed by atoms with van der Waals surface area (Å²) in [6, 6.07) is 3.88. The molecule has 0 aliphatic carbocycles. The number of nitrogens with two attached hydrogens (primary N) is 1. The van der Waals surface area contributed by atoms with Crippen LogP contribution in [0.1, 0.15) is 26.7 Å². The number of anilines is 2. The number of sulfone groups is 1. The van der Waals surface area contributed by atoms with Gasteiger partial charge in [-0.15, -0.1) is 0 Å². The van der Waals surface area contributed by atoms with E-state index in [0.717, 1.165) is 6.33 Å². The Morgan fingerprint density at radius 3 is 2.55 bits per heavy atom. The van der Waals surface area contributed by atoms with Crippen molar-refractivity contribution in [2.75, 3.05) is 36.1 Å². The predicted molar refractivity (Wildman–Crippen MR) is 119 cm³/mol. The van der Waals surface area contributed by atoms with Crippen LogP contribution < -0.4 is 15.4 Å². The number of nitrogen functional groups attached to an aromatic ring is 1. The van der Waals surface area contributed by atoms with Crippen LogP contribution in [0.5, 0.6) is 11.6 Å². The van der Waals surface area contributed by atoms with Crippen LogP contribution in [0.4, 0.5) is 17.2 Å². The minimum absolute atomic E-state index is 0.00534. The molecule has 1 aromatic heterocycles. The molecule has 0 unspecified atom stereocenters. The molecule has 1 fully saturated rings. The molecule has 1 aliphatic heterocycles. The predicted octanol–water partition coefficient (Wildman–Crippen LogP) is 2.33. The smallest absolute Gasteiger partial charge is 0.373 e. The van der Waals surface area contributed by atoms with E-state index in [1.807, 2.05) is 0 Å². The Balaban J connectivity index is 1.86. The Labute approximate surface area is 190 Å². The summed E-state index contributed by atoms with van der Waals surface area (Å²) in [5.41, 5.74) is 5.49. The Hall–Kier alpha value is -3.48. The Morgan fingerprint density at radius 1 is 1.27 bits per heavy atom. The second-order valence-electron chi connectivity index (χ2n) is 7.33. The number of rotatable bonds is 8. The van der Waals surface area contributed by atoms with Crippen molar-refractivity contribution in [2.45, 2.75) is 31.6 Å². The molecule has 1 saturated heterocycles. The molecule has 0 saturated carbocycles. The second kappa shape index (κ2) is 9.98. The maximum atomic E-state index is 12.0. The molecule has 2 aromatic rings. The highest BCUT2D eigenvalue weighted by molar-refractivity contribution is 7.91. The maximum Gasteiger partial charge on any atom is 0.373 e. The van der Waals surface area contributed by atoms with Gasteiger partial charge in [0.2, 0.25) is 5.82 Å². The molecule has 1 aliphatic rings. The van der Waals surface area contributed by atoms with Crippen molar-refractivity contribution in [3.05, 3.63) is 34.6 Å². The van der Waals surface area contributed by atoms with Crippen LogP contribution in [0.2, 0.25) is 0 Å². The summed E-state index contributed by atoms with van der Waals surface area (Å²) in [5, 5.41) is 11.9. The monoisotopic (exact) mass is 479 g/mol. The Bertz CT molecular complexity index is 1150. The highest BCUT2D eigenvalue weighted by atomic mass is 32.2. The van der Waals surface area contributed by atoms with Crippen molar-refractivity contribution >= 4 is 33.0 Å². The van der Waals surface area contributed by atoms with E-state index in [9.17, 15) is 23.3 Å². The minimum atomic E-state index is -3.48. The van der Waals surface area contributed by atoms with Gasteiger partial charge in [-0.25, -0.2) is 13.4 Å². The van der Waals surface area contributed by atoms with Crippen LogP contribution in [-0.2, 0) is 19.4 Å². The number of carbonyl (C=O) groups is 1. The van der Waals surface area contributed by atoms with E-state index >= 15 is 0 Å². The van der Waals surface area contributed by atoms with Gasteiger partial charge in [-0.3, -0.25) is 14.9 Å². The van der Waals surface area contributed by atoms with E-state index in [2.05, 4.69) is 9.97 Å². The van der Waals surface area contributed by atoms with Crippen LogP contribution in [0, 0.1) is 16.0 Å². The Morgan fingerprint density at radius 2 is 1.97 bits per heavy atom. The lowest BCUT2D eigenvalue weighted by molar-refractivity contribution is -0.385. The van der Waals surface area contributed by atoms with Gasteiger partial charge < -0.3 is 20.1 Å². The number of hydrogen-bond acceptors (Lipinski definition) is 11. The lowest BCUT2D eigenvalue weighted by Gasteiger charge is -2.31. The van der Waals surface area contributed by atoms with Gasteiger partial charge in [0.25, 0.3) is 0 Å². The van der Waals surface area contributed by atoms with Crippen molar-refractivity contribution in [3.8, 4) is 11.6 Å². The van der Waals surface area contributed by atoms with E-state index in [-0.39, 0.29) is 45.7 Å². The van der Waals surface area contributed by atoms with Crippen LogP contribution in [0.25, 0.3) is 0 Å². The number of carbonyl (C=O) groups excluding carboxylic acids is 1. The standard InChI is InChI=1S/C20H25N5O7S/c1-3-31-20(26)13-7-9-24(10-8-13)18-17(25(27)28)19(23-12-22-18)32-16-6-5-14(11-15(16)21)33(29,30)4-2/h5-6,11-13H,3-4,7-10,21H2,1-2H3. The summed E-state index contributed by atoms with van der Waals surface area (Å²) in [6.07, 6.45) is 2.08. The quantitative estimate of drug-likeness (QED) is 0.255. The summed E-state index contributed by atoms with van der Waals surface area (Å²) in [6.45, 7) is 4.28. The van der Waals surface area contributed by atoms with Crippen molar-refractivity contribution in [2.24, 2.45) is 5.92 Å². The molecule has 33 heavy (non-hydrogen) atoms. The highest BCUT2D eigenvalue weighted by Crippen LogP contribution is 2.39. The van der Waals surface area contributed by atoms with Crippen LogP contribution in [0.15, 0.2) is 29.4 Å². The van der Waals surface area contributed by atoms with Gasteiger partial charge in [0, 0.05) is 13.1 Å². The zero-order valence-electron chi connectivity index (χ0n) is 18.3. The lowest BCUT2D eigenvalue weighted by Crippen LogP contribution is -2.37. The molecule has 0 spiro atoms. The maximum absolute atomic E-state index is 12.0. The van der Waals surface area contributed by atoms with Gasteiger partial charge >= 0.3 is 17.5 Å².